The number of hydrogen-bond donors (Lipinski definition) is 1. The zero-order chi connectivity index (χ0) is 4.83. The highest BCUT2D eigenvalue weighted by atomic mass is 14.3. The molecule has 0 aliphatic carbocycles. The molecule has 0 saturated carbocycles. The van der Waals surface area contributed by atoms with Crippen LogP contribution in [-0.2, 0) is 0 Å². The van der Waals surface area contributed by atoms with Crippen LogP contribution < -0.4 is 0 Å². The van der Waals surface area contributed by atoms with Gasteiger partial charge < -0.3 is 5.41 Å². The lowest BCUT2D eigenvalue weighted by molar-refractivity contribution is 0.841. The summed E-state index contributed by atoms with van der Waals surface area (Å²) in [5.41, 5.74) is 0. The summed E-state index contributed by atoms with van der Waals surface area (Å²) in [5, 5.41) is 6.46. The van der Waals surface area contributed by atoms with E-state index in [1.54, 1.807) is 0 Å². The van der Waals surface area contributed by atoms with Crippen molar-refractivity contribution in [3.8, 4) is 0 Å². The Morgan fingerprint density at radius 3 is 2.50 bits per heavy atom. The second-order valence-electron chi connectivity index (χ2n) is 1.28. The van der Waals surface area contributed by atoms with Crippen molar-refractivity contribution in [2.75, 3.05) is 0 Å². The zero-order valence-corrected chi connectivity index (χ0v) is 4.12. The molecule has 0 atom stereocenters. The highest BCUT2D eigenvalue weighted by Gasteiger charge is 1.73. The summed E-state index contributed by atoms with van der Waals surface area (Å²) in [5.74, 6) is 0. The topological polar surface area (TPSA) is 23.9 Å². The van der Waals surface area contributed by atoms with Crippen molar-refractivity contribution in [1.29, 1.82) is 5.41 Å². The molecule has 1 radical (unpaired) electrons. The largest absolute Gasteiger partial charge is 0.303 e. The minimum absolute atomic E-state index is 0.830. The van der Waals surface area contributed by atoms with Crippen LogP contribution in [0.25, 0.3) is 0 Å². The summed E-state index contributed by atoms with van der Waals surface area (Å²) in [6, 6.07) is 0. The molecule has 6 heavy (non-hydrogen) atoms. The predicted octanol–water partition coefficient (Wildman–Crippen LogP) is 1.70. The Labute approximate surface area is 38.9 Å². The van der Waals surface area contributed by atoms with E-state index in [1.807, 2.05) is 0 Å². The monoisotopic (exact) mass is 84.1 g/mol. The van der Waals surface area contributed by atoms with Crippen LogP contribution in [0.3, 0.4) is 0 Å². The molecule has 0 aromatic carbocycles. The normalized spacial score (nSPS) is 8.17. The Balaban J connectivity index is 2.49. The van der Waals surface area contributed by atoms with E-state index in [1.165, 1.54) is 6.42 Å². The van der Waals surface area contributed by atoms with E-state index in [9.17, 15) is 0 Å². The van der Waals surface area contributed by atoms with Crippen LogP contribution in [0.5, 0.6) is 0 Å². The van der Waals surface area contributed by atoms with Gasteiger partial charge in [-0.15, -0.1) is 0 Å². The lowest BCUT2D eigenvalue weighted by Gasteiger charge is -1.80. The van der Waals surface area contributed by atoms with Crippen molar-refractivity contribution in [2.24, 2.45) is 0 Å². The van der Waals surface area contributed by atoms with Crippen LogP contribution in [0.2, 0.25) is 0 Å². The van der Waals surface area contributed by atoms with E-state index in [0.717, 1.165) is 12.8 Å². The minimum atomic E-state index is 0.830. The van der Waals surface area contributed by atoms with E-state index in [0.29, 0.717) is 0 Å². The Morgan fingerprint density at radius 1 is 1.67 bits per heavy atom. The van der Waals surface area contributed by atoms with Crippen LogP contribution in [0.1, 0.15) is 26.2 Å². The molecule has 0 bridgehead atoms. The maximum absolute atomic E-state index is 6.46. The van der Waals surface area contributed by atoms with Crippen molar-refractivity contribution < 1.29 is 0 Å². The first kappa shape index (κ1) is 5.67. The van der Waals surface area contributed by atoms with Gasteiger partial charge >= 0.3 is 0 Å². The standard InChI is InChI=1S/C5H10N/c1-2-3-4-5-6/h6H,2-4H2,1H3. The Morgan fingerprint density at radius 2 is 2.33 bits per heavy atom. The fraction of sp³-hybridized carbons (Fsp3) is 0.800. The maximum atomic E-state index is 6.46. The Hall–Kier alpha value is -0.330. The quantitative estimate of drug-likeness (QED) is 0.397. The zero-order valence-electron chi connectivity index (χ0n) is 4.12. The van der Waals surface area contributed by atoms with Gasteiger partial charge in [0, 0.05) is 0 Å². The van der Waals surface area contributed by atoms with E-state index < -0.39 is 0 Å². The summed E-state index contributed by atoms with van der Waals surface area (Å²) in [6.07, 6.45) is 5.44. The first-order valence-corrected chi connectivity index (χ1v) is 2.31. The van der Waals surface area contributed by atoms with E-state index >= 15 is 0 Å². The van der Waals surface area contributed by atoms with Crippen molar-refractivity contribution in [3.63, 3.8) is 0 Å². The van der Waals surface area contributed by atoms with Gasteiger partial charge in [-0.3, -0.25) is 0 Å². The molecular weight excluding hydrogens is 74.1 g/mol. The van der Waals surface area contributed by atoms with Gasteiger partial charge in [-0.1, -0.05) is 13.3 Å². The fourth-order valence-electron chi connectivity index (χ4n) is 0.265. The second kappa shape index (κ2) is 4.67. The molecule has 0 saturated heterocycles. The summed E-state index contributed by atoms with van der Waals surface area (Å²) < 4.78 is 0. The van der Waals surface area contributed by atoms with Crippen LogP contribution in [0.4, 0.5) is 0 Å². The molecule has 0 amide bonds. The molecule has 0 heterocycles. The third-order valence-corrected chi connectivity index (χ3v) is 0.655. The van der Waals surface area contributed by atoms with Gasteiger partial charge in [0.25, 0.3) is 0 Å². The highest BCUT2D eigenvalue weighted by Crippen LogP contribution is 1.87. The van der Waals surface area contributed by atoms with Crippen molar-refractivity contribution in [2.45, 2.75) is 26.2 Å². The van der Waals surface area contributed by atoms with Gasteiger partial charge in [-0.2, -0.15) is 0 Å². The van der Waals surface area contributed by atoms with Crippen LogP contribution in [0, 0.1) is 5.41 Å². The average Bonchev–Trinajstić information content (AvgIpc) is 1.61. The van der Waals surface area contributed by atoms with Gasteiger partial charge in [0.2, 0.25) is 0 Å². The fourth-order valence-corrected chi connectivity index (χ4v) is 0.265. The minimum Gasteiger partial charge on any atom is -0.303 e. The van der Waals surface area contributed by atoms with Crippen molar-refractivity contribution in [1.82, 2.24) is 0 Å². The smallest absolute Gasteiger partial charge is 0.0521 e. The third-order valence-electron chi connectivity index (χ3n) is 0.655. The molecule has 0 spiro atoms. The molecule has 35 valence electrons. The summed E-state index contributed by atoms with van der Waals surface area (Å²) in [6.45, 7) is 2.11. The molecule has 1 N–H and O–H groups in total. The third kappa shape index (κ3) is 3.67. The van der Waals surface area contributed by atoms with Crippen molar-refractivity contribution in [3.05, 3.63) is 0 Å². The SMILES string of the molecule is CCCC[C]=N. The summed E-state index contributed by atoms with van der Waals surface area (Å²) >= 11 is 0. The first-order chi connectivity index (χ1) is 2.91. The molecule has 0 aromatic rings. The number of nitrogens with one attached hydrogen (secondary N) is 1. The average molecular weight is 84.1 g/mol. The molecule has 1 heteroatoms. The molecule has 0 aliphatic rings. The number of hydrogen-bond acceptors (Lipinski definition) is 1. The molecule has 0 unspecified atom stereocenters. The molecule has 1 nitrogen and oxygen atoms in total. The van der Waals surface area contributed by atoms with Crippen LogP contribution in [0.15, 0.2) is 0 Å². The first-order valence-electron chi connectivity index (χ1n) is 2.31. The van der Waals surface area contributed by atoms with E-state index in [2.05, 4.69) is 13.1 Å². The van der Waals surface area contributed by atoms with Gasteiger partial charge in [0.05, 0.1) is 6.21 Å². The molecule has 0 rings (SSSR count). The second-order valence-corrected chi connectivity index (χ2v) is 1.28. The van der Waals surface area contributed by atoms with Gasteiger partial charge in [0.15, 0.2) is 0 Å². The molecule has 0 fully saturated rings. The van der Waals surface area contributed by atoms with Crippen LogP contribution in [-0.4, -0.2) is 6.21 Å². The summed E-state index contributed by atoms with van der Waals surface area (Å²) in [4.78, 5) is 0. The lowest BCUT2D eigenvalue weighted by atomic mass is 10.3. The molecular formula is C5H10N. The summed E-state index contributed by atoms with van der Waals surface area (Å²) in [7, 11) is 0. The molecule has 0 aliphatic heterocycles. The van der Waals surface area contributed by atoms with E-state index in [4.69, 9.17) is 5.41 Å². The number of rotatable bonds is 3. The van der Waals surface area contributed by atoms with E-state index in [-0.39, 0.29) is 0 Å². The van der Waals surface area contributed by atoms with Gasteiger partial charge in [0.1, 0.15) is 0 Å². The van der Waals surface area contributed by atoms with Gasteiger partial charge in [-0.25, -0.2) is 0 Å². The van der Waals surface area contributed by atoms with Crippen LogP contribution >= 0.6 is 0 Å². The Kier molecular flexibility index (Phi) is 4.41. The lowest BCUT2D eigenvalue weighted by Crippen LogP contribution is -1.69. The Bertz CT molecular complexity index is 32.9. The van der Waals surface area contributed by atoms with Gasteiger partial charge in [-0.05, 0) is 12.8 Å². The predicted molar refractivity (Wildman–Crippen MR) is 27.3 cm³/mol. The number of unbranched alkanes of at least 4 members (excludes halogenated alkanes) is 2. The molecule has 0 aromatic heterocycles. The van der Waals surface area contributed by atoms with Crippen molar-refractivity contribution >= 4 is 6.21 Å². The maximum Gasteiger partial charge on any atom is 0.0521 e. The highest BCUT2D eigenvalue weighted by molar-refractivity contribution is 5.52.